The molecule has 0 aliphatic carbocycles. The summed E-state index contributed by atoms with van der Waals surface area (Å²) in [6.45, 7) is 0.357. The lowest BCUT2D eigenvalue weighted by Crippen LogP contribution is -2.40. The van der Waals surface area contributed by atoms with Gasteiger partial charge in [-0.25, -0.2) is 0 Å². The SMILES string of the molecule is [2H]C([2H])(CCCc1ccccc1)C(=O)N1CCCCC1=O. The van der Waals surface area contributed by atoms with Crippen LogP contribution in [0.5, 0.6) is 0 Å². The Balaban J connectivity index is 1.88. The minimum absolute atomic E-state index is 0.143. The molecule has 0 N–H and O–H groups in total. The first-order chi connectivity index (χ1) is 10.0. The fraction of sp³-hybridized carbons (Fsp3) is 0.500. The Labute approximate surface area is 117 Å². The van der Waals surface area contributed by atoms with Crippen molar-refractivity contribution in [2.45, 2.75) is 44.9 Å². The summed E-state index contributed by atoms with van der Waals surface area (Å²) in [5.74, 6) is -0.904. The first-order valence-corrected chi connectivity index (χ1v) is 6.89. The van der Waals surface area contributed by atoms with Gasteiger partial charge in [-0.05, 0) is 37.7 Å². The predicted octanol–water partition coefficient (Wildman–Crippen LogP) is 2.94. The van der Waals surface area contributed by atoms with Gasteiger partial charge in [-0.15, -0.1) is 0 Å². The van der Waals surface area contributed by atoms with E-state index in [1.807, 2.05) is 30.3 Å². The third kappa shape index (κ3) is 4.19. The van der Waals surface area contributed by atoms with Gasteiger partial charge in [0.15, 0.2) is 0 Å². The molecule has 3 nitrogen and oxygen atoms in total. The highest BCUT2D eigenvalue weighted by molar-refractivity contribution is 5.95. The van der Waals surface area contributed by atoms with Crippen molar-refractivity contribution < 1.29 is 12.3 Å². The zero-order chi connectivity index (χ0) is 15.3. The molecule has 0 bridgehead atoms. The van der Waals surface area contributed by atoms with E-state index in [2.05, 4.69) is 0 Å². The highest BCUT2D eigenvalue weighted by Crippen LogP contribution is 2.13. The Hall–Kier alpha value is -1.64. The van der Waals surface area contributed by atoms with Gasteiger partial charge in [0.1, 0.15) is 0 Å². The van der Waals surface area contributed by atoms with Crippen LogP contribution < -0.4 is 0 Å². The maximum Gasteiger partial charge on any atom is 0.229 e. The fourth-order valence-corrected chi connectivity index (χ4v) is 2.25. The molecular weight excluding hydrogens is 238 g/mol. The summed E-state index contributed by atoms with van der Waals surface area (Å²) in [6, 6.07) is 9.81. The number of imide groups is 1. The van der Waals surface area contributed by atoms with Gasteiger partial charge in [0.05, 0.1) is 0 Å². The zero-order valence-corrected chi connectivity index (χ0v) is 11.1. The van der Waals surface area contributed by atoms with Crippen molar-refractivity contribution in [2.24, 2.45) is 0 Å². The van der Waals surface area contributed by atoms with E-state index in [-0.39, 0.29) is 12.3 Å². The smallest absolute Gasteiger partial charge is 0.229 e. The van der Waals surface area contributed by atoms with Gasteiger partial charge in [0.2, 0.25) is 11.8 Å². The summed E-state index contributed by atoms with van der Waals surface area (Å²) in [5.41, 5.74) is 1.13. The number of hydrogen-bond acceptors (Lipinski definition) is 2. The maximum absolute atomic E-state index is 12.2. The minimum atomic E-state index is -1.96. The number of hydrogen-bond donors (Lipinski definition) is 0. The summed E-state index contributed by atoms with van der Waals surface area (Å²) >= 11 is 0. The predicted molar refractivity (Wildman–Crippen MR) is 74.6 cm³/mol. The average molecular weight is 261 g/mol. The lowest BCUT2D eigenvalue weighted by atomic mass is 10.1. The molecule has 1 aliphatic heterocycles. The third-order valence-electron chi connectivity index (χ3n) is 3.33. The van der Waals surface area contributed by atoms with Crippen LogP contribution in [-0.4, -0.2) is 23.3 Å². The number of aryl methyl sites for hydroxylation is 1. The number of piperidine rings is 1. The van der Waals surface area contributed by atoms with E-state index in [4.69, 9.17) is 2.74 Å². The van der Waals surface area contributed by atoms with Crippen LogP contribution in [-0.2, 0) is 16.0 Å². The second kappa shape index (κ2) is 7.07. The molecular formula is C16H21NO2. The monoisotopic (exact) mass is 261 g/mol. The molecule has 2 amide bonds. The molecule has 0 atom stereocenters. The lowest BCUT2D eigenvalue weighted by molar-refractivity contribution is -0.146. The van der Waals surface area contributed by atoms with E-state index in [9.17, 15) is 9.59 Å². The van der Waals surface area contributed by atoms with Gasteiger partial charge in [-0.1, -0.05) is 30.3 Å². The van der Waals surface area contributed by atoms with Crippen molar-refractivity contribution in [3.8, 4) is 0 Å². The normalized spacial score (nSPS) is 17.9. The Kier molecular flexibility index (Phi) is 4.17. The van der Waals surface area contributed by atoms with Gasteiger partial charge < -0.3 is 0 Å². The van der Waals surface area contributed by atoms with Gasteiger partial charge in [-0.2, -0.15) is 0 Å². The maximum atomic E-state index is 12.2. The van der Waals surface area contributed by atoms with Crippen molar-refractivity contribution >= 4 is 11.8 Å². The van der Waals surface area contributed by atoms with Crippen LogP contribution >= 0.6 is 0 Å². The Morgan fingerprint density at radius 2 is 2.00 bits per heavy atom. The number of likely N-dealkylation sites (tertiary alicyclic amines) is 1. The molecule has 1 aliphatic rings. The lowest BCUT2D eigenvalue weighted by Gasteiger charge is -2.24. The molecule has 1 saturated heterocycles. The molecule has 0 unspecified atom stereocenters. The van der Waals surface area contributed by atoms with E-state index in [1.54, 1.807) is 0 Å². The fourth-order valence-electron chi connectivity index (χ4n) is 2.25. The highest BCUT2D eigenvalue weighted by Gasteiger charge is 2.23. The van der Waals surface area contributed by atoms with E-state index in [0.717, 1.165) is 29.7 Å². The first kappa shape index (κ1) is 11.2. The Morgan fingerprint density at radius 3 is 2.74 bits per heavy atom. The van der Waals surface area contributed by atoms with E-state index >= 15 is 0 Å². The molecule has 1 aromatic carbocycles. The summed E-state index contributed by atoms with van der Waals surface area (Å²) in [7, 11) is 0. The molecule has 0 saturated carbocycles. The van der Waals surface area contributed by atoms with E-state index in [0.29, 0.717) is 19.4 Å². The number of carbonyl (C=O) groups is 2. The van der Waals surface area contributed by atoms with Gasteiger partial charge in [0.25, 0.3) is 0 Å². The van der Waals surface area contributed by atoms with Crippen LogP contribution in [0.2, 0.25) is 0 Å². The number of rotatable bonds is 5. The van der Waals surface area contributed by atoms with Crippen molar-refractivity contribution in [2.75, 3.05) is 6.54 Å². The van der Waals surface area contributed by atoms with Gasteiger partial charge in [-0.3, -0.25) is 14.5 Å². The Morgan fingerprint density at radius 1 is 1.21 bits per heavy atom. The summed E-state index contributed by atoms with van der Waals surface area (Å²) in [6.07, 6.45) is 1.43. The molecule has 19 heavy (non-hydrogen) atoms. The average Bonchev–Trinajstić information content (AvgIpc) is 2.48. The molecule has 0 aromatic heterocycles. The molecule has 0 radical (unpaired) electrons. The summed E-state index contributed by atoms with van der Waals surface area (Å²) in [4.78, 5) is 25.0. The molecule has 0 spiro atoms. The van der Waals surface area contributed by atoms with Crippen LogP contribution in [0.15, 0.2) is 30.3 Å². The molecule has 3 heteroatoms. The second-order valence-electron chi connectivity index (χ2n) is 4.82. The largest absolute Gasteiger partial charge is 0.283 e. The molecule has 1 aromatic rings. The second-order valence-corrected chi connectivity index (χ2v) is 4.82. The minimum Gasteiger partial charge on any atom is -0.283 e. The molecule has 2 rings (SSSR count). The van der Waals surface area contributed by atoms with Crippen molar-refractivity contribution in [1.29, 1.82) is 0 Å². The van der Waals surface area contributed by atoms with E-state index < -0.39 is 12.3 Å². The Bertz CT molecular complexity index is 502. The van der Waals surface area contributed by atoms with Crippen LogP contribution in [0.3, 0.4) is 0 Å². The van der Waals surface area contributed by atoms with E-state index in [1.165, 1.54) is 0 Å². The van der Waals surface area contributed by atoms with Crippen LogP contribution in [0, 0.1) is 0 Å². The van der Waals surface area contributed by atoms with Crippen molar-refractivity contribution in [3.63, 3.8) is 0 Å². The summed E-state index contributed by atoms with van der Waals surface area (Å²) < 4.78 is 15.9. The van der Waals surface area contributed by atoms with Crippen molar-refractivity contribution in [1.82, 2.24) is 4.90 Å². The molecule has 102 valence electrons. The zero-order valence-electron chi connectivity index (χ0n) is 13.1. The number of amides is 2. The standard InChI is InChI=1S/C16H21NO2/c18-15(17-13-7-6-12-16(17)19)11-5-4-10-14-8-2-1-3-9-14/h1-3,8-9H,4-7,10-13H2/i11D2. The highest BCUT2D eigenvalue weighted by atomic mass is 16.2. The van der Waals surface area contributed by atoms with Gasteiger partial charge >= 0.3 is 0 Å². The van der Waals surface area contributed by atoms with Crippen LogP contribution in [0.1, 0.15) is 46.8 Å². The molecule has 1 heterocycles. The summed E-state index contributed by atoms with van der Waals surface area (Å²) in [5, 5.41) is 0. The number of benzene rings is 1. The van der Waals surface area contributed by atoms with Gasteiger partial charge in [0, 0.05) is 22.1 Å². The quantitative estimate of drug-likeness (QED) is 0.817. The third-order valence-corrected chi connectivity index (χ3v) is 3.33. The van der Waals surface area contributed by atoms with Crippen LogP contribution in [0.25, 0.3) is 0 Å². The van der Waals surface area contributed by atoms with Crippen molar-refractivity contribution in [3.05, 3.63) is 35.9 Å². The molecule has 1 fully saturated rings. The first-order valence-electron chi connectivity index (χ1n) is 7.89. The topological polar surface area (TPSA) is 37.4 Å². The number of nitrogens with zero attached hydrogens (tertiary/aromatic N) is 1. The van der Waals surface area contributed by atoms with Crippen LogP contribution in [0.4, 0.5) is 0 Å². The number of carbonyl (C=O) groups excluding carboxylic acids is 2.